The van der Waals surface area contributed by atoms with Gasteiger partial charge in [0.15, 0.2) is 16.7 Å². The van der Waals surface area contributed by atoms with E-state index in [1.54, 1.807) is 0 Å². The lowest BCUT2D eigenvalue weighted by atomic mass is 10.0. The van der Waals surface area contributed by atoms with Crippen molar-refractivity contribution in [1.29, 1.82) is 0 Å². The first-order valence-corrected chi connectivity index (χ1v) is 8.74. The zero-order chi connectivity index (χ0) is 18.2. The number of thioether (sulfide) groups is 1. The van der Waals surface area contributed by atoms with Crippen molar-refractivity contribution in [3.05, 3.63) is 39.5 Å². The second-order valence-corrected chi connectivity index (χ2v) is 7.42. The van der Waals surface area contributed by atoms with Gasteiger partial charge in [-0.2, -0.15) is 0 Å². The maximum absolute atomic E-state index is 12.8. The Morgan fingerprint density at radius 1 is 1.00 bits per heavy atom. The average Bonchev–Trinajstić information content (AvgIpc) is 2.78. The van der Waals surface area contributed by atoms with E-state index in [9.17, 15) is 9.59 Å². The predicted molar refractivity (Wildman–Crippen MR) is 96.2 cm³/mol. The van der Waals surface area contributed by atoms with Gasteiger partial charge in [-0.3, -0.25) is 9.59 Å². The van der Waals surface area contributed by atoms with Crippen molar-refractivity contribution in [3.8, 4) is 0 Å². The van der Waals surface area contributed by atoms with E-state index >= 15 is 0 Å². The number of hydrogen-bond donors (Lipinski definition) is 1. The maximum Gasteiger partial charge on any atom is 0.192 e. The van der Waals surface area contributed by atoms with Gasteiger partial charge >= 0.3 is 0 Å². The van der Waals surface area contributed by atoms with E-state index in [1.807, 2.05) is 41.5 Å². The summed E-state index contributed by atoms with van der Waals surface area (Å²) in [6.07, 6.45) is 0. The summed E-state index contributed by atoms with van der Waals surface area (Å²) in [5, 5.41) is 0.257. The average molecular weight is 345 g/mol. The minimum absolute atomic E-state index is 0.0336. The molecule has 24 heavy (non-hydrogen) atoms. The molecule has 0 fully saturated rings. The van der Waals surface area contributed by atoms with E-state index in [-0.39, 0.29) is 16.8 Å². The van der Waals surface area contributed by atoms with Gasteiger partial charge in [-0.25, -0.2) is 9.97 Å². The summed E-state index contributed by atoms with van der Waals surface area (Å²) in [4.78, 5) is 36.5. The van der Waals surface area contributed by atoms with Gasteiger partial charge in [0.25, 0.3) is 0 Å². The van der Waals surface area contributed by atoms with Gasteiger partial charge in [0, 0.05) is 22.6 Å². The molecule has 6 heteroatoms. The van der Waals surface area contributed by atoms with Gasteiger partial charge in [-0.1, -0.05) is 11.8 Å². The highest BCUT2D eigenvalue weighted by atomic mass is 32.2. The van der Waals surface area contributed by atoms with Crippen LogP contribution in [0.15, 0.2) is 5.16 Å². The summed E-state index contributed by atoms with van der Waals surface area (Å²) in [5.41, 5.74) is 5.48. The van der Waals surface area contributed by atoms with Crippen LogP contribution in [0.3, 0.4) is 0 Å². The molecule has 2 aromatic heterocycles. The van der Waals surface area contributed by atoms with E-state index in [0.29, 0.717) is 16.4 Å². The highest BCUT2D eigenvalue weighted by Crippen LogP contribution is 2.27. The van der Waals surface area contributed by atoms with Crippen LogP contribution < -0.4 is 0 Å². The maximum atomic E-state index is 12.8. The zero-order valence-electron chi connectivity index (χ0n) is 15.2. The number of carbonyl (C=O) groups is 2. The smallest absolute Gasteiger partial charge is 0.192 e. The third-order valence-corrected chi connectivity index (χ3v) is 5.26. The van der Waals surface area contributed by atoms with E-state index in [2.05, 4.69) is 15.0 Å². The first-order valence-electron chi connectivity index (χ1n) is 7.86. The number of rotatable bonds is 5. The van der Waals surface area contributed by atoms with Crippen LogP contribution in [0.1, 0.15) is 62.9 Å². The van der Waals surface area contributed by atoms with E-state index in [4.69, 9.17) is 0 Å². The molecule has 2 aromatic rings. The summed E-state index contributed by atoms with van der Waals surface area (Å²) in [6.45, 7) is 12.8. The summed E-state index contributed by atoms with van der Waals surface area (Å²) >= 11 is 1.34. The Bertz CT molecular complexity index is 801. The molecule has 0 radical (unpaired) electrons. The van der Waals surface area contributed by atoms with Crippen molar-refractivity contribution in [2.75, 3.05) is 0 Å². The van der Waals surface area contributed by atoms with Crippen LogP contribution in [0.25, 0.3) is 0 Å². The predicted octanol–water partition coefficient (Wildman–Crippen LogP) is 3.91. The fraction of sp³-hybridized carbons (Fsp3) is 0.444. The molecule has 0 saturated heterocycles. The number of hydrogen-bond acceptors (Lipinski definition) is 5. The van der Waals surface area contributed by atoms with Crippen molar-refractivity contribution >= 4 is 23.3 Å². The molecule has 0 unspecified atom stereocenters. The summed E-state index contributed by atoms with van der Waals surface area (Å²) in [5.74, 6) is -0.0821. The Morgan fingerprint density at radius 2 is 1.54 bits per heavy atom. The standard InChI is InChI=1S/C18H23N3O2S/c1-8-10(3)20-18(21-11(8)4)24-14(7)17(23)16-9(2)15(13(6)22)12(5)19-16/h14,19H,1-7H3/t14-/m0/s1. The molecule has 0 amide bonds. The van der Waals surface area contributed by atoms with E-state index < -0.39 is 0 Å². The molecular formula is C18H23N3O2S. The lowest BCUT2D eigenvalue weighted by molar-refractivity contribution is 0.0988. The Kier molecular flexibility index (Phi) is 5.28. The molecule has 5 nitrogen and oxygen atoms in total. The third-order valence-electron chi connectivity index (χ3n) is 4.30. The van der Waals surface area contributed by atoms with E-state index in [1.165, 1.54) is 18.7 Å². The van der Waals surface area contributed by atoms with Crippen LogP contribution in [0, 0.1) is 34.6 Å². The number of aromatic amines is 1. The zero-order valence-corrected chi connectivity index (χ0v) is 16.0. The molecule has 128 valence electrons. The second kappa shape index (κ2) is 6.89. The van der Waals surface area contributed by atoms with Gasteiger partial charge in [-0.05, 0) is 59.6 Å². The normalized spacial score (nSPS) is 12.3. The molecule has 0 aliphatic heterocycles. The minimum Gasteiger partial charge on any atom is -0.355 e. The van der Waals surface area contributed by atoms with Crippen LogP contribution in [-0.4, -0.2) is 31.8 Å². The van der Waals surface area contributed by atoms with Crippen molar-refractivity contribution < 1.29 is 9.59 Å². The molecule has 1 atom stereocenters. The fourth-order valence-electron chi connectivity index (χ4n) is 2.73. The quantitative estimate of drug-likeness (QED) is 0.505. The molecule has 0 bridgehead atoms. The highest BCUT2D eigenvalue weighted by Gasteiger charge is 2.25. The number of ketones is 2. The highest BCUT2D eigenvalue weighted by molar-refractivity contribution is 8.00. The second-order valence-electron chi connectivity index (χ2n) is 6.11. The van der Waals surface area contributed by atoms with Crippen molar-refractivity contribution in [3.63, 3.8) is 0 Å². The first kappa shape index (κ1) is 18.4. The Hall–Kier alpha value is -1.95. The number of aromatic nitrogens is 3. The minimum atomic E-state index is -0.344. The Balaban J connectivity index is 2.28. The van der Waals surface area contributed by atoms with Gasteiger partial charge in [-0.15, -0.1) is 0 Å². The van der Waals surface area contributed by atoms with Gasteiger partial charge in [0.05, 0.1) is 10.9 Å². The van der Waals surface area contributed by atoms with Gasteiger partial charge in [0.2, 0.25) is 0 Å². The monoisotopic (exact) mass is 345 g/mol. The van der Waals surface area contributed by atoms with E-state index in [0.717, 1.165) is 28.2 Å². The van der Waals surface area contributed by atoms with Gasteiger partial charge in [0.1, 0.15) is 0 Å². The number of nitrogens with zero attached hydrogens (tertiary/aromatic N) is 2. The number of aryl methyl sites for hydroxylation is 3. The van der Waals surface area contributed by atoms with Crippen LogP contribution in [0.5, 0.6) is 0 Å². The SMILES string of the molecule is CC(=O)c1c(C)[nH]c(C(=O)[C@H](C)Sc2nc(C)c(C)c(C)n2)c1C. The van der Waals surface area contributed by atoms with Crippen molar-refractivity contribution in [2.24, 2.45) is 0 Å². The van der Waals surface area contributed by atoms with Crippen molar-refractivity contribution in [1.82, 2.24) is 15.0 Å². The molecular weight excluding hydrogens is 322 g/mol. The lowest BCUT2D eigenvalue weighted by Gasteiger charge is -2.11. The number of Topliss-reactive ketones (excluding diaryl/α,β-unsaturated/α-hetero) is 2. The van der Waals surface area contributed by atoms with Crippen LogP contribution >= 0.6 is 11.8 Å². The lowest BCUT2D eigenvalue weighted by Crippen LogP contribution is -2.16. The third kappa shape index (κ3) is 3.43. The number of carbonyl (C=O) groups excluding carboxylic acids is 2. The molecule has 2 rings (SSSR count). The molecule has 0 spiro atoms. The largest absolute Gasteiger partial charge is 0.355 e. The summed E-state index contributed by atoms with van der Waals surface area (Å²) < 4.78 is 0. The molecule has 2 heterocycles. The first-order chi connectivity index (χ1) is 11.1. The summed E-state index contributed by atoms with van der Waals surface area (Å²) in [7, 11) is 0. The summed E-state index contributed by atoms with van der Waals surface area (Å²) in [6, 6.07) is 0. The molecule has 0 aliphatic rings. The fourth-order valence-corrected chi connectivity index (χ4v) is 3.65. The molecule has 0 saturated carbocycles. The van der Waals surface area contributed by atoms with Crippen molar-refractivity contribution in [2.45, 2.75) is 58.9 Å². The van der Waals surface area contributed by atoms with Crippen LogP contribution in [0.2, 0.25) is 0 Å². The number of nitrogens with one attached hydrogen (secondary N) is 1. The Morgan fingerprint density at radius 3 is 2.00 bits per heavy atom. The van der Waals surface area contributed by atoms with Gasteiger partial charge < -0.3 is 4.98 Å². The topological polar surface area (TPSA) is 75.7 Å². The van der Waals surface area contributed by atoms with Crippen LogP contribution in [-0.2, 0) is 0 Å². The Labute approximate surface area is 146 Å². The molecule has 0 aromatic carbocycles. The van der Waals surface area contributed by atoms with Crippen LogP contribution in [0.4, 0.5) is 0 Å². The number of H-pyrrole nitrogens is 1. The molecule has 1 N–H and O–H groups in total. The molecule has 0 aliphatic carbocycles.